The second kappa shape index (κ2) is 7.28. The number of sulfonamides is 1. The molecule has 0 atom stereocenters. The van der Waals surface area contributed by atoms with Crippen LogP contribution in [0.3, 0.4) is 0 Å². The Labute approximate surface area is 146 Å². The first-order valence-corrected chi connectivity index (χ1v) is 9.49. The number of methoxy groups -OCH3 is 1. The Morgan fingerprint density at radius 3 is 2.76 bits per heavy atom. The third kappa shape index (κ3) is 4.40. The van der Waals surface area contributed by atoms with Crippen LogP contribution in [0.5, 0.6) is 5.75 Å². The highest BCUT2D eigenvalue weighted by atomic mass is 32.2. The zero-order valence-corrected chi connectivity index (χ0v) is 14.6. The third-order valence-corrected chi connectivity index (χ3v) is 5.39. The van der Waals surface area contributed by atoms with Crippen LogP contribution >= 0.6 is 0 Å². The van der Waals surface area contributed by atoms with Crippen LogP contribution in [0, 0.1) is 0 Å². The highest BCUT2D eigenvalue weighted by Gasteiger charge is 2.30. The van der Waals surface area contributed by atoms with Gasteiger partial charge in [-0.1, -0.05) is 0 Å². The van der Waals surface area contributed by atoms with Gasteiger partial charge < -0.3 is 14.5 Å². The van der Waals surface area contributed by atoms with Crippen molar-refractivity contribution in [3.05, 3.63) is 47.9 Å². The van der Waals surface area contributed by atoms with Gasteiger partial charge in [0.1, 0.15) is 16.4 Å². The molecule has 1 aliphatic rings. The second-order valence-electron chi connectivity index (χ2n) is 5.85. The van der Waals surface area contributed by atoms with E-state index in [4.69, 9.17) is 9.15 Å². The summed E-state index contributed by atoms with van der Waals surface area (Å²) < 4.78 is 37.9. The van der Waals surface area contributed by atoms with Crippen molar-refractivity contribution in [1.29, 1.82) is 0 Å². The summed E-state index contributed by atoms with van der Waals surface area (Å²) in [7, 11) is -2.32. The molecule has 7 nitrogen and oxygen atoms in total. The minimum Gasteiger partial charge on any atom is -0.495 e. The number of rotatable bonds is 8. The Morgan fingerprint density at radius 2 is 2.12 bits per heavy atom. The molecule has 0 spiro atoms. The normalized spacial score (nSPS) is 14.3. The molecule has 1 aromatic heterocycles. The van der Waals surface area contributed by atoms with Crippen molar-refractivity contribution < 1.29 is 22.4 Å². The fourth-order valence-corrected chi connectivity index (χ4v) is 3.87. The molecule has 2 aromatic rings. The first kappa shape index (κ1) is 17.5. The zero-order chi connectivity index (χ0) is 17.9. The molecule has 1 fully saturated rings. The lowest BCUT2D eigenvalue weighted by atomic mass is 10.2. The molecule has 0 aliphatic heterocycles. The van der Waals surface area contributed by atoms with Gasteiger partial charge in [0.25, 0.3) is 5.91 Å². The van der Waals surface area contributed by atoms with Crippen molar-refractivity contribution >= 4 is 15.9 Å². The molecule has 1 amide bonds. The summed E-state index contributed by atoms with van der Waals surface area (Å²) in [4.78, 5) is 12.3. The lowest BCUT2D eigenvalue weighted by Gasteiger charge is -2.12. The number of ether oxygens (including phenoxy) is 1. The molecule has 1 heterocycles. The summed E-state index contributed by atoms with van der Waals surface area (Å²) in [5.41, 5.74) is 0.261. The molecule has 1 saturated carbocycles. The largest absolute Gasteiger partial charge is 0.495 e. The fraction of sp³-hybridized carbons (Fsp3) is 0.353. The number of benzene rings is 1. The number of hydrogen-bond acceptors (Lipinski definition) is 5. The van der Waals surface area contributed by atoms with Crippen molar-refractivity contribution in [2.24, 2.45) is 0 Å². The number of carbonyl (C=O) groups is 1. The second-order valence-corrected chi connectivity index (χ2v) is 7.53. The molecule has 0 saturated heterocycles. The summed E-state index contributed by atoms with van der Waals surface area (Å²) in [6, 6.07) is 7.95. The topological polar surface area (TPSA) is 97.6 Å². The van der Waals surface area contributed by atoms with E-state index in [9.17, 15) is 13.2 Å². The van der Waals surface area contributed by atoms with Crippen molar-refractivity contribution in [3.63, 3.8) is 0 Å². The average Bonchev–Trinajstić information content (AvgIpc) is 3.24. The van der Waals surface area contributed by atoms with E-state index in [2.05, 4.69) is 10.0 Å². The van der Waals surface area contributed by atoms with Crippen molar-refractivity contribution in [1.82, 2.24) is 10.0 Å². The Bertz CT molecular complexity index is 842. The van der Waals surface area contributed by atoms with E-state index in [1.165, 1.54) is 25.3 Å². The van der Waals surface area contributed by atoms with E-state index in [0.717, 1.165) is 18.6 Å². The number of nitrogens with one attached hydrogen (secondary N) is 2. The van der Waals surface area contributed by atoms with Gasteiger partial charge in [-0.05, 0) is 43.2 Å². The fourth-order valence-electron chi connectivity index (χ4n) is 2.37. The standard InChI is InChI=1S/C17H20N2O5S/c1-23-15-7-4-12(11-16(15)25(21,22)19-13-5-6-13)17(20)18-9-8-14-3-2-10-24-14/h2-4,7,10-11,13,19H,5-6,8-9H2,1H3,(H,18,20). The van der Waals surface area contributed by atoms with Gasteiger partial charge in [-0.15, -0.1) is 0 Å². The minimum absolute atomic E-state index is 0.0272. The number of carbonyl (C=O) groups excluding carboxylic acids is 1. The van der Waals surface area contributed by atoms with Gasteiger partial charge in [0.05, 0.1) is 13.4 Å². The molecule has 1 aromatic carbocycles. The molecule has 0 unspecified atom stereocenters. The SMILES string of the molecule is COc1ccc(C(=O)NCCc2ccco2)cc1S(=O)(=O)NC1CC1. The van der Waals surface area contributed by atoms with E-state index >= 15 is 0 Å². The minimum atomic E-state index is -3.72. The maximum Gasteiger partial charge on any atom is 0.251 e. The van der Waals surface area contributed by atoms with Gasteiger partial charge in [0.2, 0.25) is 10.0 Å². The first-order chi connectivity index (χ1) is 12.0. The summed E-state index contributed by atoms with van der Waals surface area (Å²) in [5.74, 6) is 0.629. The number of furan rings is 1. The maximum atomic E-state index is 12.5. The van der Waals surface area contributed by atoms with Gasteiger partial charge in [0, 0.05) is 24.6 Å². The number of hydrogen-bond donors (Lipinski definition) is 2. The highest BCUT2D eigenvalue weighted by molar-refractivity contribution is 7.89. The van der Waals surface area contributed by atoms with E-state index in [-0.39, 0.29) is 28.2 Å². The van der Waals surface area contributed by atoms with Crippen molar-refractivity contribution in [2.45, 2.75) is 30.2 Å². The van der Waals surface area contributed by atoms with Crippen LogP contribution < -0.4 is 14.8 Å². The maximum absolute atomic E-state index is 12.5. The molecule has 0 radical (unpaired) electrons. The molecular formula is C17H20N2O5S. The summed E-state index contributed by atoms with van der Waals surface area (Å²) in [6.45, 7) is 0.390. The molecule has 8 heteroatoms. The average molecular weight is 364 g/mol. The lowest BCUT2D eigenvalue weighted by Crippen LogP contribution is -2.28. The van der Waals surface area contributed by atoms with E-state index < -0.39 is 10.0 Å². The third-order valence-electron chi connectivity index (χ3n) is 3.85. The summed E-state index contributed by atoms with van der Waals surface area (Å²) in [5, 5.41) is 2.75. The lowest BCUT2D eigenvalue weighted by molar-refractivity contribution is 0.0953. The molecular weight excluding hydrogens is 344 g/mol. The van der Waals surface area contributed by atoms with Gasteiger partial charge in [-0.3, -0.25) is 4.79 Å². The Morgan fingerprint density at radius 1 is 1.32 bits per heavy atom. The van der Waals surface area contributed by atoms with Crippen LogP contribution in [0.15, 0.2) is 45.9 Å². The Balaban J connectivity index is 1.72. The van der Waals surface area contributed by atoms with Crippen LogP contribution in [0.1, 0.15) is 29.0 Å². The smallest absolute Gasteiger partial charge is 0.251 e. The van der Waals surface area contributed by atoms with Crippen LogP contribution in [0.25, 0.3) is 0 Å². The van der Waals surface area contributed by atoms with Crippen LogP contribution in [-0.2, 0) is 16.4 Å². The van der Waals surface area contributed by atoms with Crippen molar-refractivity contribution in [2.75, 3.05) is 13.7 Å². The Kier molecular flexibility index (Phi) is 5.10. The van der Waals surface area contributed by atoms with Crippen LogP contribution in [-0.4, -0.2) is 34.0 Å². The Hall–Kier alpha value is -2.32. The molecule has 1 aliphatic carbocycles. The molecule has 25 heavy (non-hydrogen) atoms. The van der Waals surface area contributed by atoms with Crippen LogP contribution in [0.2, 0.25) is 0 Å². The predicted octanol–water partition coefficient (Wildman–Crippen LogP) is 1.70. The molecule has 2 N–H and O–H groups in total. The van der Waals surface area contributed by atoms with Gasteiger partial charge in [0.15, 0.2) is 0 Å². The summed E-state index contributed by atoms with van der Waals surface area (Å²) in [6.07, 6.45) is 3.79. The van der Waals surface area contributed by atoms with E-state index in [1.54, 1.807) is 12.3 Å². The first-order valence-electron chi connectivity index (χ1n) is 8.00. The molecule has 3 rings (SSSR count). The highest BCUT2D eigenvalue weighted by Crippen LogP contribution is 2.28. The van der Waals surface area contributed by atoms with Gasteiger partial charge in [-0.25, -0.2) is 13.1 Å². The molecule has 0 bridgehead atoms. The van der Waals surface area contributed by atoms with Crippen LogP contribution in [0.4, 0.5) is 0 Å². The van der Waals surface area contributed by atoms with E-state index in [0.29, 0.717) is 13.0 Å². The monoisotopic (exact) mass is 364 g/mol. The quantitative estimate of drug-likeness (QED) is 0.743. The summed E-state index contributed by atoms with van der Waals surface area (Å²) >= 11 is 0. The van der Waals surface area contributed by atoms with E-state index in [1.807, 2.05) is 6.07 Å². The number of amides is 1. The van der Waals surface area contributed by atoms with Gasteiger partial charge >= 0.3 is 0 Å². The van der Waals surface area contributed by atoms with Crippen molar-refractivity contribution in [3.8, 4) is 5.75 Å². The van der Waals surface area contributed by atoms with Gasteiger partial charge in [-0.2, -0.15) is 0 Å². The predicted molar refractivity (Wildman–Crippen MR) is 91.1 cm³/mol. The zero-order valence-electron chi connectivity index (χ0n) is 13.8. The molecule has 134 valence electrons.